The maximum absolute atomic E-state index is 13.1. The number of hydrogen-bond acceptors (Lipinski definition) is 1. The first-order valence-electron chi connectivity index (χ1n) is 4.93. The predicted octanol–water partition coefficient (Wildman–Crippen LogP) is 2.16. The largest absolute Gasteiger partial charge is 0.342 e. The number of benzene rings is 1. The molecule has 0 aliphatic heterocycles. The number of hydrogen-bond donors (Lipinski definition) is 1. The normalized spacial score (nSPS) is 11.4. The third-order valence-corrected chi connectivity index (χ3v) is 2.88. The predicted molar refractivity (Wildman–Crippen MR) is 61.0 cm³/mol. The first kappa shape index (κ1) is 9.15. The Balaban J connectivity index is 2.64. The summed E-state index contributed by atoms with van der Waals surface area (Å²) in [6, 6.07) is 6.12. The van der Waals surface area contributed by atoms with Crippen molar-refractivity contribution in [1.29, 1.82) is 0 Å². The van der Waals surface area contributed by atoms with Crippen molar-refractivity contribution in [3.63, 3.8) is 0 Å². The van der Waals surface area contributed by atoms with Gasteiger partial charge in [0, 0.05) is 30.1 Å². The van der Waals surface area contributed by atoms with E-state index in [1.54, 1.807) is 12.3 Å². The van der Waals surface area contributed by atoms with E-state index in [1.165, 1.54) is 18.2 Å². The minimum absolute atomic E-state index is 0.149. The number of rotatable bonds is 0. The number of nitrogens with zero attached hydrogens (tertiary/aromatic N) is 1. The molecule has 3 rings (SSSR count). The monoisotopic (exact) mass is 216 g/mol. The van der Waals surface area contributed by atoms with Gasteiger partial charge in [0.2, 0.25) is 5.56 Å². The van der Waals surface area contributed by atoms with Gasteiger partial charge < -0.3 is 9.55 Å². The van der Waals surface area contributed by atoms with Crippen molar-refractivity contribution in [3.8, 4) is 0 Å². The van der Waals surface area contributed by atoms with E-state index in [-0.39, 0.29) is 11.4 Å². The van der Waals surface area contributed by atoms with Gasteiger partial charge in [-0.25, -0.2) is 4.39 Å². The molecule has 0 amide bonds. The Morgan fingerprint density at radius 3 is 2.81 bits per heavy atom. The van der Waals surface area contributed by atoms with E-state index < -0.39 is 0 Å². The van der Waals surface area contributed by atoms with E-state index in [0.29, 0.717) is 0 Å². The minimum Gasteiger partial charge on any atom is -0.342 e. The van der Waals surface area contributed by atoms with Crippen molar-refractivity contribution in [1.82, 2.24) is 9.55 Å². The number of pyridine rings is 1. The quantitative estimate of drug-likeness (QED) is 0.614. The maximum Gasteiger partial charge on any atom is 0.248 e. The lowest BCUT2D eigenvalue weighted by Crippen LogP contribution is -2.01. The summed E-state index contributed by atoms with van der Waals surface area (Å²) in [5.41, 5.74) is 1.53. The van der Waals surface area contributed by atoms with Crippen LogP contribution in [0.4, 0.5) is 4.39 Å². The molecule has 2 heterocycles. The number of aromatic nitrogens is 2. The molecule has 3 aromatic rings. The zero-order chi connectivity index (χ0) is 11.3. The second kappa shape index (κ2) is 2.95. The van der Waals surface area contributed by atoms with E-state index in [9.17, 15) is 9.18 Å². The standard InChI is InChI=1S/C12H9FN2O/c1-15-10-4-7(13)2-3-8(10)9-5-12(16)14-6-11(9)15/h2-6H,1H3,(H,14,16). The lowest BCUT2D eigenvalue weighted by Gasteiger charge is -1.96. The van der Waals surface area contributed by atoms with Crippen LogP contribution in [0, 0.1) is 5.82 Å². The molecule has 0 aliphatic carbocycles. The Labute approximate surface area is 90.1 Å². The van der Waals surface area contributed by atoms with Crippen molar-refractivity contribution >= 4 is 21.8 Å². The average Bonchev–Trinajstić information content (AvgIpc) is 2.52. The van der Waals surface area contributed by atoms with Gasteiger partial charge in [0.25, 0.3) is 0 Å². The average molecular weight is 216 g/mol. The van der Waals surface area contributed by atoms with Gasteiger partial charge in [0.05, 0.1) is 11.0 Å². The number of H-pyrrole nitrogens is 1. The molecule has 0 atom stereocenters. The highest BCUT2D eigenvalue weighted by molar-refractivity contribution is 6.07. The van der Waals surface area contributed by atoms with Gasteiger partial charge in [-0.2, -0.15) is 0 Å². The van der Waals surface area contributed by atoms with E-state index in [4.69, 9.17) is 0 Å². The van der Waals surface area contributed by atoms with Gasteiger partial charge in [0.1, 0.15) is 5.82 Å². The zero-order valence-electron chi connectivity index (χ0n) is 8.62. The fourth-order valence-electron chi connectivity index (χ4n) is 2.10. The summed E-state index contributed by atoms with van der Waals surface area (Å²) in [7, 11) is 1.85. The first-order chi connectivity index (χ1) is 7.66. The highest BCUT2D eigenvalue weighted by Gasteiger charge is 2.08. The molecule has 0 bridgehead atoms. The molecule has 1 aromatic carbocycles. The van der Waals surface area contributed by atoms with Gasteiger partial charge in [-0.3, -0.25) is 4.79 Å². The molecular formula is C12H9FN2O. The summed E-state index contributed by atoms with van der Waals surface area (Å²) in [5, 5.41) is 1.74. The molecular weight excluding hydrogens is 207 g/mol. The van der Waals surface area contributed by atoms with E-state index in [2.05, 4.69) is 4.98 Å². The van der Waals surface area contributed by atoms with Crippen LogP contribution in [-0.4, -0.2) is 9.55 Å². The SMILES string of the molecule is Cn1c2c[nH]c(=O)cc2c2ccc(F)cc21. The van der Waals surface area contributed by atoms with Crippen LogP contribution in [0.3, 0.4) is 0 Å². The Kier molecular flexibility index (Phi) is 1.68. The third-order valence-electron chi connectivity index (χ3n) is 2.88. The highest BCUT2D eigenvalue weighted by atomic mass is 19.1. The summed E-state index contributed by atoms with van der Waals surface area (Å²) in [6.45, 7) is 0. The molecule has 4 heteroatoms. The van der Waals surface area contributed by atoms with Crippen LogP contribution in [0.5, 0.6) is 0 Å². The van der Waals surface area contributed by atoms with Gasteiger partial charge in [-0.1, -0.05) is 0 Å². The maximum atomic E-state index is 13.1. The van der Waals surface area contributed by atoms with Crippen LogP contribution < -0.4 is 5.56 Å². The number of halogens is 1. The topological polar surface area (TPSA) is 37.8 Å². The second-order valence-electron chi connectivity index (χ2n) is 3.82. The number of aromatic amines is 1. The molecule has 0 saturated carbocycles. The molecule has 1 N–H and O–H groups in total. The van der Waals surface area contributed by atoms with Gasteiger partial charge >= 0.3 is 0 Å². The van der Waals surface area contributed by atoms with Gasteiger partial charge in [-0.15, -0.1) is 0 Å². The Morgan fingerprint density at radius 2 is 2.00 bits per heavy atom. The molecule has 0 fully saturated rings. The van der Waals surface area contributed by atoms with Crippen molar-refractivity contribution in [3.05, 3.63) is 46.6 Å². The number of nitrogens with one attached hydrogen (secondary N) is 1. The fraction of sp³-hybridized carbons (Fsp3) is 0.0833. The Hall–Kier alpha value is -2.10. The van der Waals surface area contributed by atoms with Crippen molar-refractivity contribution in [2.45, 2.75) is 0 Å². The highest BCUT2D eigenvalue weighted by Crippen LogP contribution is 2.26. The van der Waals surface area contributed by atoms with Crippen LogP contribution in [0.1, 0.15) is 0 Å². The first-order valence-corrected chi connectivity index (χ1v) is 4.93. The summed E-state index contributed by atoms with van der Waals surface area (Å²) in [5.74, 6) is -0.273. The Bertz CT molecular complexity index is 755. The van der Waals surface area contributed by atoms with Crippen molar-refractivity contribution < 1.29 is 4.39 Å². The van der Waals surface area contributed by atoms with Crippen LogP contribution >= 0.6 is 0 Å². The number of aryl methyl sites for hydroxylation is 1. The van der Waals surface area contributed by atoms with Gasteiger partial charge in [0.15, 0.2) is 0 Å². The van der Waals surface area contributed by atoms with E-state index in [1.807, 2.05) is 11.6 Å². The van der Waals surface area contributed by atoms with E-state index >= 15 is 0 Å². The second-order valence-corrected chi connectivity index (χ2v) is 3.82. The lowest BCUT2D eigenvalue weighted by atomic mass is 10.2. The lowest BCUT2D eigenvalue weighted by molar-refractivity contribution is 0.629. The minimum atomic E-state index is -0.273. The van der Waals surface area contributed by atoms with Crippen molar-refractivity contribution in [2.24, 2.45) is 7.05 Å². The van der Waals surface area contributed by atoms with Crippen LogP contribution in [0.25, 0.3) is 21.8 Å². The Morgan fingerprint density at radius 1 is 1.19 bits per heavy atom. The summed E-state index contributed by atoms with van der Waals surface area (Å²) < 4.78 is 15.0. The van der Waals surface area contributed by atoms with Crippen LogP contribution in [0.2, 0.25) is 0 Å². The molecule has 0 unspecified atom stereocenters. The zero-order valence-corrected chi connectivity index (χ0v) is 8.62. The fourth-order valence-corrected chi connectivity index (χ4v) is 2.10. The molecule has 0 spiro atoms. The summed E-state index contributed by atoms with van der Waals surface area (Å²) in [6.07, 6.45) is 1.65. The third kappa shape index (κ3) is 1.10. The smallest absolute Gasteiger partial charge is 0.248 e. The van der Waals surface area contributed by atoms with Gasteiger partial charge in [-0.05, 0) is 18.2 Å². The molecule has 3 nitrogen and oxygen atoms in total. The molecule has 0 saturated heterocycles. The number of fused-ring (bicyclic) bond motifs is 3. The molecule has 0 radical (unpaired) electrons. The van der Waals surface area contributed by atoms with E-state index in [0.717, 1.165) is 21.8 Å². The summed E-state index contributed by atoms with van der Waals surface area (Å²) >= 11 is 0. The van der Waals surface area contributed by atoms with Crippen LogP contribution in [-0.2, 0) is 7.05 Å². The molecule has 16 heavy (non-hydrogen) atoms. The summed E-state index contributed by atoms with van der Waals surface area (Å²) in [4.78, 5) is 13.9. The molecule has 2 aromatic heterocycles. The molecule has 80 valence electrons. The molecule has 0 aliphatic rings. The van der Waals surface area contributed by atoms with Crippen LogP contribution in [0.15, 0.2) is 35.3 Å². The van der Waals surface area contributed by atoms with Crippen molar-refractivity contribution in [2.75, 3.05) is 0 Å².